The summed E-state index contributed by atoms with van der Waals surface area (Å²) in [5, 5.41) is 17.3. The number of nitrogens with one attached hydrogen (secondary N) is 3. The molecule has 5 atom stereocenters. The SMILES string of the molecule is CNC(=O)OC(C(=O)O)c1ccc(F)c(-c2ccc(OC)c(C(=O)N[C@H]3[C@@H](C(=O)Nc4ccc(F)c(C(F)(F)F)c4)[C@H]4CC[C@@H]3/C4=C\C3CC3)c2)c1. The van der Waals surface area contributed by atoms with E-state index < -0.39 is 65.3 Å². The Kier molecular flexibility index (Phi) is 9.97. The topological polar surface area (TPSA) is 143 Å². The highest BCUT2D eigenvalue weighted by atomic mass is 19.4. The van der Waals surface area contributed by atoms with Crippen LogP contribution in [0.3, 0.4) is 0 Å². The zero-order chi connectivity index (χ0) is 37.5. The van der Waals surface area contributed by atoms with Crippen LogP contribution < -0.4 is 20.7 Å². The van der Waals surface area contributed by atoms with E-state index in [-0.39, 0.29) is 45.5 Å². The molecule has 274 valence electrons. The Hall–Kier alpha value is -5.47. The number of hydrogen-bond acceptors (Lipinski definition) is 6. The fourth-order valence-electron chi connectivity index (χ4n) is 7.24. The van der Waals surface area contributed by atoms with Gasteiger partial charge in [0.05, 0.1) is 24.2 Å². The highest BCUT2D eigenvalue weighted by Crippen LogP contribution is 2.54. The maximum Gasteiger partial charge on any atom is 0.419 e. The number of alkyl carbamates (subject to hydrolysis) is 1. The van der Waals surface area contributed by atoms with Crippen molar-refractivity contribution in [2.24, 2.45) is 23.7 Å². The largest absolute Gasteiger partial charge is 0.496 e. The van der Waals surface area contributed by atoms with Crippen molar-refractivity contribution >= 4 is 29.6 Å². The summed E-state index contributed by atoms with van der Waals surface area (Å²) in [6.07, 6.45) is -2.39. The number of methoxy groups -OCH3 is 1. The molecule has 4 N–H and O–H groups in total. The van der Waals surface area contributed by atoms with E-state index >= 15 is 4.39 Å². The number of alkyl halides is 3. The summed E-state index contributed by atoms with van der Waals surface area (Å²) < 4.78 is 79.9. The first-order valence-electron chi connectivity index (χ1n) is 16.5. The number of carbonyl (C=O) groups is 4. The van der Waals surface area contributed by atoms with Gasteiger partial charge in [-0.25, -0.2) is 18.4 Å². The second-order valence-electron chi connectivity index (χ2n) is 13.0. The molecule has 3 aliphatic rings. The van der Waals surface area contributed by atoms with Crippen LogP contribution in [-0.4, -0.2) is 49.2 Å². The molecule has 3 saturated carbocycles. The minimum atomic E-state index is -4.98. The molecule has 0 radical (unpaired) electrons. The lowest BCUT2D eigenvalue weighted by molar-refractivity contribution is -0.147. The van der Waals surface area contributed by atoms with Gasteiger partial charge in [0.15, 0.2) is 0 Å². The van der Waals surface area contributed by atoms with Crippen LogP contribution in [0.4, 0.5) is 32.4 Å². The van der Waals surface area contributed by atoms with Crippen LogP contribution in [0.2, 0.25) is 0 Å². The van der Waals surface area contributed by atoms with Gasteiger partial charge in [0.25, 0.3) is 5.91 Å². The second-order valence-corrected chi connectivity index (χ2v) is 13.0. The van der Waals surface area contributed by atoms with E-state index in [4.69, 9.17) is 9.47 Å². The standard InChI is InChI=1S/C37H34F5N3O7/c1-43-36(50)52-32(35(48)49)19-5-10-27(38)23(15-19)18-6-12-29(51-2)25(14-18)33(46)45-31-22-9-8-21(24(22)13-17-3-4-17)30(31)34(47)44-20-7-11-28(39)26(16-20)37(40,41)42/h5-7,10-17,21-22,30-32H,3-4,8-9H2,1-2H3,(H,43,50)(H,44,47)(H,45,46)(H,48,49)/b24-13-/t21-,22+,30-,31+,32?/m0/s1. The second kappa shape index (κ2) is 14.3. The number of fused-ring (bicyclic) bond motifs is 2. The summed E-state index contributed by atoms with van der Waals surface area (Å²) >= 11 is 0. The molecule has 0 aliphatic heterocycles. The van der Waals surface area contributed by atoms with E-state index in [0.29, 0.717) is 30.9 Å². The predicted octanol–water partition coefficient (Wildman–Crippen LogP) is 6.87. The number of allylic oxidation sites excluding steroid dienone is 1. The number of benzene rings is 3. The van der Waals surface area contributed by atoms with Crippen molar-refractivity contribution in [2.45, 2.75) is 44.0 Å². The molecule has 3 aromatic rings. The van der Waals surface area contributed by atoms with Crippen LogP contribution in [0.5, 0.6) is 5.75 Å². The van der Waals surface area contributed by atoms with E-state index in [0.717, 1.165) is 36.6 Å². The molecule has 10 nitrogen and oxygen atoms in total. The van der Waals surface area contributed by atoms with E-state index in [9.17, 15) is 41.8 Å². The summed E-state index contributed by atoms with van der Waals surface area (Å²) in [7, 11) is 2.57. The number of ether oxygens (including phenoxy) is 2. The van der Waals surface area contributed by atoms with Crippen molar-refractivity contribution < 1.29 is 55.7 Å². The van der Waals surface area contributed by atoms with Crippen LogP contribution in [0, 0.1) is 35.3 Å². The Balaban J connectivity index is 1.31. The average molecular weight is 728 g/mol. The first kappa shape index (κ1) is 36.3. The maximum absolute atomic E-state index is 15.2. The summed E-state index contributed by atoms with van der Waals surface area (Å²) in [4.78, 5) is 51.6. The minimum Gasteiger partial charge on any atom is -0.496 e. The maximum atomic E-state index is 15.2. The fourth-order valence-corrected chi connectivity index (χ4v) is 7.24. The molecule has 0 saturated heterocycles. The molecule has 3 fully saturated rings. The lowest BCUT2D eigenvalue weighted by atomic mass is 9.83. The zero-order valence-electron chi connectivity index (χ0n) is 27.9. The number of rotatable bonds is 10. The summed E-state index contributed by atoms with van der Waals surface area (Å²) in [5.41, 5.74) is -0.803. The first-order chi connectivity index (χ1) is 24.7. The number of carboxylic acid groups (broad SMARTS) is 1. The van der Waals surface area contributed by atoms with Gasteiger partial charge in [-0.15, -0.1) is 0 Å². The van der Waals surface area contributed by atoms with Crippen molar-refractivity contribution in [2.75, 3.05) is 19.5 Å². The molecule has 0 aromatic heterocycles. The number of amides is 3. The van der Waals surface area contributed by atoms with Gasteiger partial charge in [0.1, 0.15) is 17.4 Å². The van der Waals surface area contributed by atoms with Crippen LogP contribution >= 0.6 is 0 Å². The van der Waals surface area contributed by atoms with Crippen LogP contribution in [0.25, 0.3) is 11.1 Å². The third-order valence-corrected chi connectivity index (χ3v) is 9.79. The molecule has 0 heterocycles. The number of halogens is 5. The van der Waals surface area contributed by atoms with E-state index in [1.54, 1.807) is 0 Å². The van der Waals surface area contributed by atoms with Crippen molar-refractivity contribution in [1.29, 1.82) is 0 Å². The van der Waals surface area contributed by atoms with E-state index in [2.05, 4.69) is 22.0 Å². The van der Waals surface area contributed by atoms with E-state index in [1.807, 2.05) is 0 Å². The number of hydrogen-bond donors (Lipinski definition) is 4. The Bertz CT molecular complexity index is 1960. The predicted molar refractivity (Wildman–Crippen MR) is 176 cm³/mol. The molecular formula is C37H34F5N3O7. The molecule has 0 spiro atoms. The Morgan fingerprint density at radius 2 is 1.63 bits per heavy atom. The van der Waals surface area contributed by atoms with E-state index in [1.165, 1.54) is 38.4 Å². The average Bonchev–Trinajstić information content (AvgIpc) is 3.79. The van der Waals surface area contributed by atoms with Crippen molar-refractivity contribution in [3.63, 3.8) is 0 Å². The zero-order valence-corrected chi connectivity index (χ0v) is 27.9. The number of carboxylic acids is 1. The van der Waals surface area contributed by atoms with Gasteiger partial charge in [0.2, 0.25) is 12.0 Å². The molecule has 6 rings (SSSR count). The minimum absolute atomic E-state index is 0.0378. The van der Waals surface area contributed by atoms with Gasteiger partial charge in [0, 0.05) is 35.8 Å². The van der Waals surface area contributed by atoms with Gasteiger partial charge >= 0.3 is 18.2 Å². The third kappa shape index (κ3) is 7.30. The molecule has 3 aromatic carbocycles. The Labute approximate surface area is 294 Å². The number of carbonyl (C=O) groups excluding carboxylic acids is 3. The molecule has 52 heavy (non-hydrogen) atoms. The van der Waals surface area contributed by atoms with Crippen molar-refractivity contribution in [3.8, 4) is 16.9 Å². The highest BCUT2D eigenvalue weighted by molar-refractivity contribution is 6.00. The smallest absolute Gasteiger partial charge is 0.419 e. The first-order valence-corrected chi connectivity index (χ1v) is 16.5. The Morgan fingerprint density at radius 1 is 0.923 bits per heavy atom. The van der Waals surface area contributed by atoms with Gasteiger partial charge in [-0.3, -0.25) is 9.59 Å². The van der Waals surface area contributed by atoms with Gasteiger partial charge in [-0.1, -0.05) is 23.8 Å². The van der Waals surface area contributed by atoms with Crippen molar-refractivity contribution in [1.82, 2.24) is 10.6 Å². The van der Waals surface area contributed by atoms with Gasteiger partial charge in [-0.2, -0.15) is 13.2 Å². The summed E-state index contributed by atoms with van der Waals surface area (Å²) in [6, 6.07) is 8.98. The lowest BCUT2D eigenvalue weighted by Crippen LogP contribution is -2.48. The molecule has 2 bridgehead atoms. The number of anilines is 1. The lowest BCUT2D eigenvalue weighted by Gasteiger charge is -2.30. The fraction of sp³-hybridized carbons (Fsp3) is 0.351. The monoisotopic (exact) mass is 727 g/mol. The van der Waals surface area contributed by atoms with Crippen LogP contribution in [0.1, 0.15) is 53.3 Å². The third-order valence-electron chi connectivity index (χ3n) is 9.79. The normalized spacial score (nSPS) is 22.1. The van der Waals surface area contributed by atoms with Crippen LogP contribution in [0.15, 0.2) is 66.2 Å². The highest BCUT2D eigenvalue weighted by Gasteiger charge is 2.55. The van der Waals surface area contributed by atoms with Crippen LogP contribution in [-0.2, 0) is 20.5 Å². The Morgan fingerprint density at radius 3 is 2.29 bits per heavy atom. The van der Waals surface area contributed by atoms with Gasteiger partial charge < -0.3 is 30.5 Å². The summed E-state index contributed by atoms with van der Waals surface area (Å²) in [6.45, 7) is 0. The molecule has 15 heteroatoms. The van der Waals surface area contributed by atoms with Crippen molar-refractivity contribution in [3.05, 3.63) is 94.6 Å². The number of aliphatic carboxylic acids is 1. The molecule has 3 amide bonds. The van der Waals surface area contributed by atoms with Gasteiger partial charge in [-0.05, 0) is 85.5 Å². The quantitative estimate of drug-likeness (QED) is 0.132. The molecule has 1 unspecified atom stereocenters. The summed E-state index contributed by atoms with van der Waals surface area (Å²) in [5.74, 6) is -6.01. The molecular weight excluding hydrogens is 693 g/mol. The molecule has 3 aliphatic carbocycles.